The summed E-state index contributed by atoms with van der Waals surface area (Å²) < 4.78 is 11.8. The van der Waals surface area contributed by atoms with E-state index >= 15 is 0 Å². The molecule has 0 aromatic carbocycles. The Morgan fingerprint density at radius 2 is 1.97 bits per heavy atom. The van der Waals surface area contributed by atoms with Crippen molar-refractivity contribution >= 4 is 17.7 Å². The van der Waals surface area contributed by atoms with Crippen LogP contribution < -0.4 is 22.3 Å². The Bertz CT molecular complexity index is 975. The Morgan fingerprint density at radius 3 is 2.62 bits per heavy atom. The molecule has 1 saturated carbocycles. The molecule has 5 heterocycles. The van der Waals surface area contributed by atoms with Gasteiger partial charge in [0.1, 0.15) is 6.54 Å². The van der Waals surface area contributed by atoms with E-state index in [1.807, 2.05) is 0 Å². The molecule has 2 aromatic rings. The summed E-state index contributed by atoms with van der Waals surface area (Å²) in [6.07, 6.45) is 12.6. The standard InChI is InChI=1S/C24H30N4O5.BrH/c29-22(27-21-13-25-8-9-26-21)15-28-10-5-17(6-11-28)20(14-28)33-23(30)24(31,18-3-1-2-4-18)19-7-12-32-16-19;/h7-9,12-13,16-18,20,31H,1-6,10-11,14-15H2;1H/t17?,20-,24?,28?;/m0./s1. The molecule has 4 aliphatic rings. The van der Waals surface area contributed by atoms with Crippen LogP contribution in [0.2, 0.25) is 0 Å². The second-order valence-electron chi connectivity index (χ2n) is 9.81. The molecule has 3 saturated heterocycles. The van der Waals surface area contributed by atoms with E-state index in [9.17, 15) is 14.7 Å². The molecule has 3 aliphatic heterocycles. The lowest BCUT2D eigenvalue weighted by atomic mass is 9.80. The Hall–Kier alpha value is -2.30. The molecule has 4 fully saturated rings. The molecule has 10 heteroatoms. The Labute approximate surface area is 209 Å². The zero-order chi connectivity index (χ0) is 22.9. The minimum Gasteiger partial charge on any atom is -1.00 e. The van der Waals surface area contributed by atoms with E-state index in [0.717, 1.165) is 51.6 Å². The number of hydrogen-bond donors (Lipinski definition) is 2. The van der Waals surface area contributed by atoms with Crippen molar-refractivity contribution in [3.63, 3.8) is 0 Å². The van der Waals surface area contributed by atoms with E-state index in [0.29, 0.717) is 29.0 Å². The van der Waals surface area contributed by atoms with Gasteiger partial charge in [-0.1, -0.05) is 12.8 Å². The van der Waals surface area contributed by atoms with Crippen molar-refractivity contribution in [3.8, 4) is 0 Å². The van der Waals surface area contributed by atoms with Crippen LogP contribution in [0.3, 0.4) is 0 Å². The number of hydrogen-bond acceptors (Lipinski definition) is 7. The van der Waals surface area contributed by atoms with Gasteiger partial charge in [0.2, 0.25) is 0 Å². The van der Waals surface area contributed by atoms with E-state index in [2.05, 4.69) is 15.3 Å². The number of anilines is 1. The van der Waals surface area contributed by atoms with Crippen LogP contribution in [-0.2, 0) is 19.9 Å². The number of piperidine rings is 3. The minimum absolute atomic E-state index is 0. The zero-order valence-electron chi connectivity index (χ0n) is 19.1. The zero-order valence-corrected chi connectivity index (χ0v) is 20.7. The molecular weight excluding hydrogens is 504 g/mol. The highest BCUT2D eigenvalue weighted by Crippen LogP contribution is 2.43. The summed E-state index contributed by atoms with van der Waals surface area (Å²) in [6.45, 7) is 2.63. The van der Waals surface area contributed by atoms with Crippen molar-refractivity contribution in [2.75, 3.05) is 31.5 Å². The Morgan fingerprint density at radius 1 is 1.21 bits per heavy atom. The van der Waals surface area contributed by atoms with Gasteiger partial charge in [0, 0.05) is 42.6 Å². The van der Waals surface area contributed by atoms with Crippen molar-refractivity contribution in [3.05, 3.63) is 42.7 Å². The molecule has 34 heavy (non-hydrogen) atoms. The van der Waals surface area contributed by atoms with Crippen molar-refractivity contribution in [2.45, 2.75) is 50.2 Å². The molecule has 1 unspecified atom stereocenters. The molecule has 0 radical (unpaired) electrons. The van der Waals surface area contributed by atoms with Crippen LogP contribution in [0.5, 0.6) is 0 Å². The molecule has 2 bridgehead atoms. The number of esters is 1. The molecule has 2 N–H and O–H groups in total. The Kier molecular flexibility index (Phi) is 7.39. The summed E-state index contributed by atoms with van der Waals surface area (Å²) >= 11 is 0. The number of halogens is 1. The molecule has 6 rings (SSSR count). The summed E-state index contributed by atoms with van der Waals surface area (Å²) in [7, 11) is 0. The van der Waals surface area contributed by atoms with Gasteiger partial charge < -0.3 is 41.0 Å². The largest absolute Gasteiger partial charge is 1.00 e. The van der Waals surface area contributed by atoms with E-state index < -0.39 is 11.6 Å². The van der Waals surface area contributed by atoms with Gasteiger partial charge in [-0.2, -0.15) is 0 Å². The molecule has 184 valence electrons. The first-order valence-corrected chi connectivity index (χ1v) is 11.9. The van der Waals surface area contributed by atoms with Crippen LogP contribution in [0, 0.1) is 11.8 Å². The second-order valence-corrected chi connectivity index (χ2v) is 9.81. The third-order valence-corrected chi connectivity index (χ3v) is 7.83. The van der Waals surface area contributed by atoms with Crippen molar-refractivity contribution < 1.29 is 45.3 Å². The average Bonchev–Trinajstić information content (AvgIpc) is 3.54. The number of amides is 1. The number of carbonyl (C=O) groups excluding carboxylic acids is 2. The van der Waals surface area contributed by atoms with Gasteiger partial charge in [0.25, 0.3) is 5.91 Å². The highest BCUT2D eigenvalue weighted by atomic mass is 79.9. The summed E-state index contributed by atoms with van der Waals surface area (Å²) in [5.41, 5.74) is -1.23. The number of aromatic nitrogens is 2. The Balaban J connectivity index is 0.00000274. The number of fused-ring (bicyclic) bond motifs is 3. The maximum Gasteiger partial charge on any atom is 0.343 e. The van der Waals surface area contributed by atoms with E-state index in [1.54, 1.807) is 12.3 Å². The topological polar surface area (TPSA) is 115 Å². The van der Waals surface area contributed by atoms with Gasteiger partial charge >= 0.3 is 5.97 Å². The predicted molar refractivity (Wildman–Crippen MR) is 118 cm³/mol. The van der Waals surface area contributed by atoms with Crippen molar-refractivity contribution in [2.24, 2.45) is 11.8 Å². The fourth-order valence-corrected chi connectivity index (χ4v) is 6.00. The first-order valence-electron chi connectivity index (χ1n) is 11.9. The predicted octanol–water partition coefficient (Wildman–Crippen LogP) is -0.758. The number of rotatable bonds is 7. The van der Waals surface area contributed by atoms with Gasteiger partial charge in [0.15, 0.2) is 24.1 Å². The maximum atomic E-state index is 13.4. The molecule has 1 aliphatic carbocycles. The number of carbonyl (C=O) groups is 2. The molecular formula is C24H31BrN4O5. The summed E-state index contributed by atoms with van der Waals surface area (Å²) in [6, 6.07) is 1.65. The van der Waals surface area contributed by atoms with Gasteiger partial charge in [0.05, 0.1) is 31.8 Å². The number of quaternary nitrogens is 1. The van der Waals surface area contributed by atoms with Gasteiger partial charge in [-0.05, 0) is 18.9 Å². The molecule has 2 atom stereocenters. The van der Waals surface area contributed by atoms with E-state index in [1.165, 1.54) is 24.9 Å². The van der Waals surface area contributed by atoms with Crippen LogP contribution in [-0.4, -0.2) is 63.7 Å². The van der Waals surface area contributed by atoms with Crippen LogP contribution in [0.25, 0.3) is 0 Å². The number of nitrogens with one attached hydrogen (secondary N) is 1. The van der Waals surface area contributed by atoms with Gasteiger partial charge in [-0.15, -0.1) is 0 Å². The maximum absolute atomic E-state index is 13.4. The van der Waals surface area contributed by atoms with Crippen LogP contribution in [0.15, 0.2) is 41.6 Å². The van der Waals surface area contributed by atoms with Crippen molar-refractivity contribution in [1.82, 2.24) is 9.97 Å². The number of nitrogens with zero attached hydrogens (tertiary/aromatic N) is 3. The third kappa shape index (κ3) is 4.76. The molecule has 1 amide bonds. The fourth-order valence-electron chi connectivity index (χ4n) is 6.00. The smallest absolute Gasteiger partial charge is 0.343 e. The van der Waals surface area contributed by atoms with Gasteiger partial charge in [-0.3, -0.25) is 9.78 Å². The lowest BCUT2D eigenvalue weighted by molar-refractivity contribution is -0.939. The SMILES string of the molecule is O=C(C[N+]12CCC(CC1)[C@@H](OC(=O)C(O)(c1ccoc1)C1CCCC1)C2)Nc1cnccn1.[Br-]. The summed E-state index contributed by atoms with van der Waals surface area (Å²) in [5, 5.41) is 14.4. The highest BCUT2D eigenvalue weighted by molar-refractivity contribution is 5.90. The normalized spacial score (nSPS) is 28.0. The summed E-state index contributed by atoms with van der Waals surface area (Å²) in [5.74, 6) is -0.199. The van der Waals surface area contributed by atoms with E-state index in [4.69, 9.17) is 9.15 Å². The molecule has 2 aromatic heterocycles. The number of ether oxygens (including phenoxy) is 1. The van der Waals surface area contributed by atoms with Gasteiger partial charge in [-0.25, -0.2) is 9.78 Å². The average molecular weight is 535 g/mol. The molecule has 0 spiro atoms. The monoisotopic (exact) mass is 534 g/mol. The van der Waals surface area contributed by atoms with Crippen LogP contribution in [0.4, 0.5) is 5.82 Å². The first-order chi connectivity index (χ1) is 16.0. The quantitative estimate of drug-likeness (QED) is 0.354. The van der Waals surface area contributed by atoms with Crippen LogP contribution >= 0.6 is 0 Å². The van der Waals surface area contributed by atoms with Crippen molar-refractivity contribution in [1.29, 1.82) is 0 Å². The second kappa shape index (κ2) is 10.1. The molecule has 9 nitrogen and oxygen atoms in total. The number of furan rings is 1. The lowest BCUT2D eigenvalue weighted by Gasteiger charge is -2.51. The number of aliphatic hydroxyl groups is 1. The van der Waals surface area contributed by atoms with E-state index in [-0.39, 0.29) is 40.8 Å². The summed E-state index contributed by atoms with van der Waals surface area (Å²) in [4.78, 5) is 34.3. The first kappa shape index (κ1) is 24.8. The van der Waals surface area contributed by atoms with Crippen LogP contribution in [0.1, 0.15) is 44.1 Å². The minimum atomic E-state index is -1.69. The highest BCUT2D eigenvalue weighted by Gasteiger charge is 2.53. The fraction of sp³-hybridized carbons (Fsp3) is 0.583. The third-order valence-electron chi connectivity index (χ3n) is 7.83. The lowest BCUT2D eigenvalue weighted by Crippen LogP contribution is -3.00.